The quantitative estimate of drug-likeness (QED) is 0.229. The summed E-state index contributed by atoms with van der Waals surface area (Å²) < 4.78 is 36.4. The van der Waals surface area contributed by atoms with Crippen molar-refractivity contribution in [2.45, 2.75) is 56.5 Å². The van der Waals surface area contributed by atoms with Crippen LogP contribution < -0.4 is 20.9 Å². The second kappa shape index (κ2) is 10.9. The average molecular weight is 546 g/mol. The number of aliphatic hydroxyl groups excluding tert-OH is 1. The molecule has 1 saturated heterocycles. The first kappa shape index (κ1) is 28.1. The van der Waals surface area contributed by atoms with E-state index in [0.29, 0.717) is 0 Å². The summed E-state index contributed by atoms with van der Waals surface area (Å²) in [7, 11) is -4.29. The molecule has 1 aliphatic heterocycles. The number of aromatic amines is 1. The van der Waals surface area contributed by atoms with E-state index < -0.39 is 60.4 Å². The summed E-state index contributed by atoms with van der Waals surface area (Å²) in [6.07, 6.45) is -2.85. The van der Waals surface area contributed by atoms with Gasteiger partial charge in [-0.25, -0.2) is 13.9 Å². The van der Waals surface area contributed by atoms with Gasteiger partial charge in [0.05, 0.1) is 13.2 Å². The number of aliphatic hydroxyl groups is 1. The number of esters is 1. The Labute approximate surface area is 212 Å². The first-order valence-electron chi connectivity index (χ1n) is 11.1. The Morgan fingerprint density at radius 3 is 2.58 bits per heavy atom. The Morgan fingerprint density at radius 2 is 1.97 bits per heavy atom. The molecule has 14 heteroatoms. The molecule has 12 nitrogen and oxygen atoms in total. The highest BCUT2D eigenvalue weighted by molar-refractivity contribution is 7.52. The van der Waals surface area contributed by atoms with Crippen molar-refractivity contribution in [3.05, 3.63) is 63.4 Å². The van der Waals surface area contributed by atoms with Crippen LogP contribution in [0.2, 0.25) is 0 Å². The van der Waals surface area contributed by atoms with E-state index in [-0.39, 0.29) is 12.4 Å². The maximum Gasteiger partial charge on any atom is 0.459 e. The van der Waals surface area contributed by atoms with E-state index >= 15 is 0 Å². The monoisotopic (exact) mass is 545 g/mol. The normalized spacial score (nSPS) is 25.8. The summed E-state index contributed by atoms with van der Waals surface area (Å²) in [4.78, 5) is 37.7. The maximum absolute atomic E-state index is 13.7. The molecule has 1 fully saturated rings. The topological polar surface area (TPSA) is 158 Å². The molecular weight excluding hydrogens is 517 g/mol. The Kier molecular flexibility index (Phi) is 8.49. The third-order valence-corrected chi connectivity index (χ3v) is 7.60. The Morgan fingerprint density at radius 1 is 1.31 bits per heavy atom. The largest absolute Gasteiger partial charge is 0.465 e. The molecule has 1 aromatic carbocycles. The number of H-pyrrole nitrogens is 1. The van der Waals surface area contributed by atoms with Gasteiger partial charge in [-0.2, -0.15) is 5.09 Å². The van der Waals surface area contributed by atoms with Crippen molar-refractivity contribution in [1.82, 2.24) is 14.6 Å². The number of alkyl halides is 1. The van der Waals surface area contributed by atoms with E-state index in [1.807, 2.05) is 0 Å². The van der Waals surface area contributed by atoms with Gasteiger partial charge in [-0.3, -0.25) is 14.1 Å². The number of benzene rings is 1. The minimum atomic E-state index is -4.29. The van der Waals surface area contributed by atoms with E-state index in [0.717, 1.165) is 10.6 Å². The van der Waals surface area contributed by atoms with E-state index in [1.165, 1.54) is 39.1 Å². The van der Waals surface area contributed by atoms with Crippen LogP contribution in [0.25, 0.3) is 0 Å². The maximum atomic E-state index is 13.7. The van der Waals surface area contributed by atoms with Crippen LogP contribution in [0.1, 0.15) is 33.9 Å². The SMILES string of the molecule is CCOC(=O)C(C)(C)NP(=O)(OC[C@H]1O[C@@H](n2c(=O)cc[nH]c2=O)[C@](C)(Cl)[C@@H]1O)Oc1ccccc1. The highest BCUT2D eigenvalue weighted by Crippen LogP contribution is 2.48. The van der Waals surface area contributed by atoms with Gasteiger partial charge in [0.25, 0.3) is 5.56 Å². The summed E-state index contributed by atoms with van der Waals surface area (Å²) in [5, 5.41) is 13.4. The predicted molar refractivity (Wildman–Crippen MR) is 130 cm³/mol. The fourth-order valence-corrected chi connectivity index (χ4v) is 5.53. The van der Waals surface area contributed by atoms with Crippen LogP contribution in [0.15, 0.2) is 52.2 Å². The molecule has 0 aliphatic carbocycles. The number of halogens is 1. The molecule has 0 bridgehead atoms. The summed E-state index contributed by atoms with van der Waals surface area (Å²) >= 11 is 6.50. The summed E-state index contributed by atoms with van der Waals surface area (Å²) in [6, 6.07) is 9.21. The van der Waals surface area contributed by atoms with E-state index in [2.05, 4.69) is 10.1 Å². The van der Waals surface area contributed by atoms with Crippen molar-refractivity contribution in [3.63, 3.8) is 0 Å². The second-order valence-electron chi connectivity index (χ2n) is 8.77. The van der Waals surface area contributed by atoms with E-state index in [9.17, 15) is 24.1 Å². The Balaban J connectivity index is 1.85. The highest BCUT2D eigenvalue weighted by atomic mass is 35.5. The fraction of sp³-hybridized carbons (Fsp3) is 0.500. The lowest BCUT2D eigenvalue weighted by Gasteiger charge is -2.30. The van der Waals surface area contributed by atoms with Gasteiger partial charge in [0.1, 0.15) is 28.4 Å². The minimum Gasteiger partial charge on any atom is -0.465 e. The summed E-state index contributed by atoms with van der Waals surface area (Å²) in [5.41, 5.74) is -2.96. The van der Waals surface area contributed by atoms with E-state index in [4.69, 9.17) is 30.1 Å². The third-order valence-electron chi connectivity index (χ3n) is 5.42. The third kappa shape index (κ3) is 6.08. The molecule has 36 heavy (non-hydrogen) atoms. The molecule has 0 radical (unpaired) electrons. The zero-order valence-corrected chi connectivity index (χ0v) is 21.8. The molecule has 0 amide bonds. The number of nitrogens with one attached hydrogen (secondary N) is 2. The standard InChI is InChI=1S/C22H29ClN3O9P/c1-5-32-19(29)21(2,3)25-36(31,35-14-9-7-6-8-10-14)33-13-15-17(28)22(4,23)18(34-15)26-16(27)11-12-24-20(26)30/h6-12,15,17-18,28H,5,13H2,1-4H3,(H,24,30)(H,25,31)/t15-,17-,18-,22-,36?/m1/s1. The number of nitrogens with zero attached hydrogens (tertiary/aromatic N) is 1. The lowest BCUT2D eigenvalue weighted by molar-refractivity contribution is -0.149. The van der Waals surface area contributed by atoms with Gasteiger partial charge >= 0.3 is 19.4 Å². The number of aromatic nitrogens is 2. The van der Waals surface area contributed by atoms with Crippen molar-refractivity contribution in [3.8, 4) is 5.75 Å². The predicted octanol–water partition coefficient (Wildman–Crippen LogP) is 1.93. The van der Waals surface area contributed by atoms with Crippen LogP contribution in [0.5, 0.6) is 5.75 Å². The van der Waals surface area contributed by atoms with Crippen LogP contribution in [-0.2, 0) is 23.4 Å². The molecule has 3 rings (SSSR count). The number of ether oxygens (including phenoxy) is 2. The zero-order chi connectivity index (χ0) is 26.7. The summed E-state index contributed by atoms with van der Waals surface area (Å²) in [5.74, 6) is -0.512. The van der Waals surface area contributed by atoms with Gasteiger partial charge < -0.3 is 24.1 Å². The van der Waals surface area contributed by atoms with Gasteiger partial charge in [-0.15, -0.1) is 11.6 Å². The molecular formula is C22H29ClN3O9P. The van der Waals surface area contributed by atoms with Crippen molar-refractivity contribution in [1.29, 1.82) is 0 Å². The van der Waals surface area contributed by atoms with Crippen molar-refractivity contribution >= 4 is 25.3 Å². The van der Waals surface area contributed by atoms with Crippen LogP contribution in [0, 0.1) is 0 Å². The molecule has 0 saturated carbocycles. The summed E-state index contributed by atoms with van der Waals surface area (Å²) in [6.45, 7) is 5.48. The van der Waals surface area contributed by atoms with Gasteiger partial charge in [-0.05, 0) is 39.8 Å². The lowest BCUT2D eigenvalue weighted by Crippen LogP contribution is -2.47. The van der Waals surface area contributed by atoms with Gasteiger partial charge in [0, 0.05) is 12.3 Å². The number of rotatable bonds is 10. The Hall–Kier alpha value is -2.47. The number of carbonyl (C=O) groups excluding carboxylic acids is 1. The van der Waals surface area contributed by atoms with Crippen LogP contribution in [-0.4, -0.2) is 56.5 Å². The number of hydrogen-bond acceptors (Lipinski definition) is 9. The van der Waals surface area contributed by atoms with Crippen LogP contribution in [0.3, 0.4) is 0 Å². The minimum absolute atomic E-state index is 0.102. The fourth-order valence-electron chi connectivity index (χ4n) is 3.56. The molecule has 198 valence electrons. The lowest BCUT2D eigenvalue weighted by atomic mass is 10.0. The van der Waals surface area contributed by atoms with Crippen LogP contribution >= 0.6 is 19.3 Å². The second-order valence-corrected chi connectivity index (χ2v) is 11.2. The smallest absolute Gasteiger partial charge is 0.459 e. The molecule has 3 N–H and O–H groups in total. The van der Waals surface area contributed by atoms with Gasteiger partial charge in [0.15, 0.2) is 6.23 Å². The zero-order valence-electron chi connectivity index (χ0n) is 20.2. The van der Waals surface area contributed by atoms with Gasteiger partial charge in [-0.1, -0.05) is 18.2 Å². The number of carbonyl (C=O) groups is 1. The molecule has 1 aliphatic rings. The van der Waals surface area contributed by atoms with Crippen LogP contribution in [0.4, 0.5) is 0 Å². The molecule has 0 spiro atoms. The highest BCUT2D eigenvalue weighted by Gasteiger charge is 2.54. The van der Waals surface area contributed by atoms with Crippen molar-refractivity contribution < 1.29 is 33.0 Å². The number of para-hydroxylation sites is 1. The van der Waals surface area contributed by atoms with Crippen molar-refractivity contribution in [2.75, 3.05) is 13.2 Å². The molecule has 2 heterocycles. The first-order chi connectivity index (χ1) is 16.8. The Bertz CT molecular complexity index is 1200. The first-order valence-corrected chi connectivity index (χ1v) is 13.0. The molecule has 1 unspecified atom stereocenters. The number of hydrogen-bond donors (Lipinski definition) is 3. The average Bonchev–Trinajstić information content (AvgIpc) is 3.01. The molecule has 2 aromatic rings. The molecule has 1 aromatic heterocycles. The van der Waals surface area contributed by atoms with Gasteiger partial charge in [0.2, 0.25) is 0 Å². The van der Waals surface area contributed by atoms with Crippen molar-refractivity contribution in [2.24, 2.45) is 0 Å². The van der Waals surface area contributed by atoms with E-state index in [1.54, 1.807) is 25.1 Å². The molecule has 5 atom stereocenters.